The second-order valence-electron chi connectivity index (χ2n) is 5.87. The van der Waals surface area contributed by atoms with Crippen LogP contribution in [0.5, 0.6) is 5.75 Å². The maximum absolute atomic E-state index is 5.73. The van der Waals surface area contributed by atoms with Crippen molar-refractivity contribution < 1.29 is 4.74 Å². The highest BCUT2D eigenvalue weighted by atomic mass is 16.5. The Bertz CT molecular complexity index is 810. The van der Waals surface area contributed by atoms with Crippen molar-refractivity contribution in [1.29, 1.82) is 0 Å². The van der Waals surface area contributed by atoms with Crippen LogP contribution in [0.1, 0.15) is 24.0 Å². The average Bonchev–Trinajstić information content (AvgIpc) is 2.90. The first-order valence-electron chi connectivity index (χ1n) is 7.92. The lowest BCUT2D eigenvalue weighted by molar-refractivity contribution is 0.302. The molecule has 5 nitrogen and oxygen atoms in total. The fourth-order valence-corrected chi connectivity index (χ4v) is 2.55. The molecule has 23 heavy (non-hydrogen) atoms. The number of rotatable bonds is 6. The van der Waals surface area contributed by atoms with Crippen molar-refractivity contribution in [3.63, 3.8) is 0 Å². The molecule has 0 atom stereocenters. The minimum absolute atomic E-state index is 0.675. The van der Waals surface area contributed by atoms with E-state index >= 15 is 0 Å². The normalized spacial score (nSPS) is 11.0. The first-order valence-corrected chi connectivity index (χ1v) is 7.92. The number of nitrogens with zero attached hydrogens (tertiary/aromatic N) is 3. The van der Waals surface area contributed by atoms with Crippen LogP contribution >= 0.6 is 0 Å². The van der Waals surface area contributed by atoms with E-state index in [0.717, 1.165) is 41.9 Å². The van der Waals surface area contributed by atoms with Gasteiger partial charge in [-0.2, -0.15) is 0 Å². The fraction of sp³-hybridized carbons (Fsp3) is 0.333. The summed E-state index contributed by atoms with van der Waals surface area (Å²) in [4.78, 5) is 0. The Morgan fingerprint density at radius 1 is 1.09 bits per heavy atom. The van der Waals surface area contributed by atoms with E-state index in [9.17, 15) is 0 Å². The second kappa shape index (κ2) is 6.69. The molecule has 2 aromatic carbocycles. The van der Waals surface area contributed by atoms with Crippen LogP contribution < -0.4 is 10.5 Å². The van der Waals surface area contributed by atoms with Gasteiger partial charge in [0.2, 0.25) is 0 Å². The summed E-state index contributed by atoms with van der Waals surface area (Å²) in [6.07, 6.45) is 1.95. The average molecular weight is 310 g/mol. The van der Waals surface area contributed by atoms with E-state index in [4.69, 9.17) is 10.5 Å². The summed E-state index contributed by atoms with van der Waals surface area (Å²) >= 11 is 0. The highest BCUT2D eigenvalue weighted by Crippen LogP contribution is 2.18. The first-order chi connectivity index (χ1) is 11.1. The summed E-state index contributed by atoms with van der Waals surface area (Å²) in [7, 11) is 0. The number of aryl methyl sites for hydroxylation is 3. The molecule has 0 radical (unpaired) electrons. The fourth-order valence-electron chi connectivity index (χ4n) is 2.55. The number of hydrogen-bond donors (Lipinski definition) is 1. The van der Waals surface area contributed by atoms with Crippen LogP contribution in [0.2, 0.25) is 0 Å². The van der Waals surface area contributed by atoms with Gasteiger partial charge in [-0.1, -0.05) is 11.3 Å². The molecule has 1 aromatic heterocycles. The van der Waals surface area contributed by atoms with Crippen LogP contribution in [-0.2, 0) is 6.54 Å². The summed E-state index contributed by atoms with van der Waals surface area (Å²) in [6, 6.07) is 11.8. The molecular formula is C18H22N4O. The summed E-state index contributed by atoms with van der Waals surface area (Å²) in [6.45, 7) is 5.74. The molecule has 0 fully saturated rings. The van der Waals surface area contributed by atoms with Crippen LogP contribution in [0.4, 0.5) is 5.69 Å². The van der Waals surface area contributed by atoms with Crippen LogP contribution in [-0.4, -0.2) is 21.6 Å². The SMILES string of the molecule is Cc1cc2nnn(CCCCOc3cccc(N)c3)c2cc1C. The van der Waals surface area contributed by atoms with E-state index < -0.39 is 0 Å². The van der Waals surface area contributed by atoms with Gasteiger partial charge in [0.25, 0.3) is 0 Å². The number of aromatic nitrogens is 3. The van der Waals surface area contributed by atoms with Gasteiger partial charge in [0, 0.05) is 18.3 Å². The van der Waals surface area contributed by atoms with E-state index in [1.165, 1.54) is 11.1 Å². The number of nitrogens with two attached hydrogens (primary N) is 1. The number of nitrogen functional groups attached to an aromatic ring is 1. The maximum atomic E-state index is 5.73. The van der Waals surface area contributed by atoms with Crippen LogP contribution in [0.3, 0.4) is 0 Å². The largest absolute Gasteiger partial charge is 0.494 e. The third-order valence-corrected chi connectivity index (χ3v) is 4.02. The monoisotopic (exact) mass is 310 g/mol. The van der Waals surface area contributed by atoms with Crippen molar-refractivity contribution in [2.75, 3.05) is 12.3 Å². The maximum Gasteiger partial charge on any atom is 0.121 e. The molecule has 3 rings (SSSR count). The van der Waals surface area contributed by atoms with Gasteiger partial charge in [-0.05, 0) is 62.1 Å². The molecule has 2 N–H and O–H groups in total. The molecule has 1 heterocycles. The highest BCUT2D eigenvalue weighted by molar-refractivity contribution is 5.76. The Labute approximate surface area is 136 Å². The molecule has 0 amide bonds. The summed E-state index contributed by atoms with van der Waals surface area (Å²) in [5, 5.41) is 8.50. The van der Waals surface area contributed by atoms with Crippen molar-refractivity contribution in [1.82, 2.24) is 15.0 Å². The van der Waals surface area contributed by atoms with E-state index in [1.807, 2.05) is 28.9 Å². The molecule has 0 aliphatic heterocycles. The molecule has 5 heteroatoms. The van der Waals surface area contributed by atoms with Gasteiger partial charge in [0.15, 0.2) is 0 Å². The lowest BCUT2D eigenvalue weighted by Crippen LogP contribution is -2.04. The molecular weight excluding hydrogens is 288 g/mol. The molecule has 0 aliphatic rings. The van der Waals surface area contributed by atoms with Gasteiger partial charge in [-0.25, -0.2) is 4.68 Å². The van der Waals surface area contributed by atoms with Gasteiger partial charge in [0.1, 0.15) is 11.3 Å². The first kappa shape index (κ1) is 15.3. The zero-order valence-electron chi connectivity index (χ0n) is 13.6. The minimum atomic E-state index is 0.675. The molecule has 0 aliphatic carbocycles. The molecule has 0 spiro atoms. The number of benzene rings is 2. The molecule has 3 aromatic rings. The van der Waals surface area contributed by atoms with E-state index in [1.54, 1.807) is 0 Å². The second-order valence-corrected chi connectivity index (χ2v) is 5.87. The van der Waals surface area contributed by atoms with Gasteiger partial charge < -0.3 is 10.5 Å². The molecule has 120 valence electrons. The number of unbranched alkanes of at least 4 members (excludes halogenated alkanes) is 1. The van der Waals surface area contributed by atoms with Crippen LogP contribution in [0.25, 0.3) is 11.0 Å². The minimum Gasteiger partial charge on any atom is -0.494 e. The van der Waals surface area contributed by atoms with Crippen molar-refractivity contribution in [2.24, 2.45) is 0 Å². The number of fused-ring (bicyclic) bond motifs is 1. The van der Waals surface area contributed by atoms with Crippen molar-refractivity contribution in [2.45, 2.75) is 33.2 Å². The molecule has 0 saturated carbocycles. The number of anilines is 1. The zero-order valence-corrected chi connectivity index (χ0v) is 13.6. The molecule has 0 saturated heterocycles. The molecule has 0 unspecified atom stereocenters. The van der Waals surface area contributed by atoms with Crippen molar-refractivity contribution in [3.8, 4) is 5.75 Å². The highest BCUT2D eigenvalue weighted by Gasteiger charge is 2.06. The van der Waals surface area contributed by atoms with Crippen molar-refractivity contribution in [3.05, 3.63) is 47.5 Å². The molecule has 0 bridgehead atoms. The zero-order chi connectivity index (χ0) is 16.2. The smallest absolute Gasteiger partial charge is 0.121 e. The quantitative estimate of drug-likeness (QED) is 0.559. The number of hydrogen-bond acceptors (Lipinski definition) is 4. The Hall–Kier alpha value is -2.56. The van der Waals surface area contributed by atoms with Gasteiger partial charge >= 0.3 is 0 Å². The Balaban J connectivity index is 1.52. The lowest BCUT2D eigenvalue weighted by atomic mass is 10.1. The van der Waals surface area contributed by atoms with Crippen LogP contribution in [0, 0.1) is 13.8 Å². The predicted molar refractivity (Wildman–Crippen MR) is 92.6 cm³/mol. The lowest BCUT2D eigenvalue weighted by Gasteiger charge is -2.07. The van der Waals surface area contributed by atoms with Gasteiger partial charge in [-0.3, -0.25) is 0 Å². The number of ether oxygens (including phenoxy) is 1. The Morgan fingerprint density at radius 2 is 1.91 bits per heavy atom. The van der Waals surface area contributed by atoms with E-state index in [-0.39, 0.29) is 0 Å². The Morgan fingerprint density at radius 3 is 2.74 bits per heavy atom. The summed E-state index contributed by atoms with van der Waals surface area (Å²) in [5.74, 6) is 0.822. The third kappa shape index (κ3) is 3.62. The van der Waals surface area contributed by atoms with Crippen LogP contribution in [0.15, 0.2) is 36.4 Å². The summed E-state index contributed by atoms with van der Waals surface area (Å²) in [5.41, 5.74) is 11.0. The van der Waals surface area contributed by atoms with E-state index in [0.29, 0.717) is 6.61 Å². The topological polar surface area (TPSA) is 66.0 Å². The van der Waals surface area contributed by atoms with Gasteiger partial charge in [-0.15, -0.1) is 5.10 Å². The standard InChI is InChI=1S/C18H22N4O/c1-13-10-17-18(11-14(13)2)22(21-20-17)8-3-4-9-23-16-7-5-6-15(19)12-16/h5-7,10-12H,3-4,8-9,19H2,1-2H3. The van der Waals surface area contributed by atoms with Crippen molar-refractivity contribution >= 4 is 16.7 Å². The summed E-state index contributed by atoms with van der Waals surface area (Å²) < 4.78 is 7.68. The van der Waals surface area contributed by atoms with Gasteiger partial charge in [0.05, 0.1) is 12.1 Å². The third-order valence-electron chi connectivity index (χ3n) is 4.02. The Kier molecular flexibility index (Phi) is 4.46. The van der Waals surface area contributed by atoms with E-state index in [2.05, 4.69) is 36.3 Å². The predicted octanol–water partition coefficient (Wildman–Crippen LogP) is 3.49.